The van der Waals surface area contributed by atoms with E-state index in [1.807, 2.05) is 24.3 Å². The lowest BCUT2D eigenvalue weighted by Gasteiger charge is -2.18. The molecule has 1 aliphatic rings. The zero-order valence-electron chi connectivity index (χ0n) is 11.1. The standard InChI is InChI=1S/C13H17BrN2O3S/c1-9(15-11-4-2-10(14)3-5-11)13(17)16-12-6-7-20(18,19)8-12/h2-5,9,12,15H,6-8H2,1H3,(H,16,17)/t9-,12+/m0/s1. The smallest absolute Gasteiger partial charge is 0.242 e. The van der Waals surface area contributed by atoms with Gasteiger partial charge in [0.2, 0.25) is 5.91 Å². The lowest BCUT2D eigenvalue weighted by molar-refractivity contribution is -0.122. The Kier molecular flexibility index (Phi) is 4.70. The summed E-state index contributed by atoms with van der Waals surface area (Å²) in [5, 5.41) is 5.86. The maximum Gasteiger partial charge on any atom is 0.242 e. The summed E-state index contributed by atoms with van der Waals surface area (Å²) in [6, 6.07) is 6.83. The number of halogens is 1. The highest BCUT2D eigenvalue weighted by Gasteiger charge is 2.29. The molecule has 1 aromatic carbocycles. The van der Waals surface area contributed by atoms with Crippen molar-refractivity contribution < 1.29 is 13.2 Å². The third kappa shape index (κ3) is 4.21. The van der Waals surface area contributed by atoms with E-state index < -0.39 is 15.9 Å². The molecule has 1 amide bonds. The molecule has 2 atom stereocenters. The number of amides is 1. The number of nitrogens with one attached hydrogen (secondary N) is 2. The first-order valence-electron chi connectivity index (χ1n) is 6.39. The molecule has 0 spiro atoms. The second-order valence-corrected chi connectivity index (χ2v) is 8.13. The van der Waals surface area contributed by atoms with Crippen LogP contribution in [0.3, 0.4) is 0 Å². The van der Waals surface area contributed by atoms with Crippen molar-refractivity contribution in [2.24, 2.45) is 0 Å². The van der Waals surface area contributed by atoms with Crippen LogP contribution in [0.25, 0.3) is 0 Å². The van der Waals surface area contributed by atoms with Crippen LogP contribution in [0, 0.1) is 0 Å². The van der Waals surface area contributed by atoms with E-state index in [1.165, 1.54) is 0 Å². The first-order chi connectivity index (χ1) is 9.35. The molecule has 110 valence electrons. The van der Waals surface area contributed by atoms with Crippen molar-refractivity contribution in [1.29, 1.82) is 0 Å². The number of carbonyl (C=O) groups is 1. The Hall–Kier alpha value is -1.08. The number of anilines is 1. The lowest BCUT2D eigenvalue weighted by atomic mass is 10.2. The predicted molar refractivity (Wildman–Crippen MR) is 82.4 cm³/mol. The van der Waals surface area contributed by atoms with Crippen LogP contribution < -0.4 is 10.6 Å². The number of hydrogen-bond donors (Lipinski definition) is 2. The number of hydrogen-bond acceptors (Lipinski definition) is 4. The van der Waals surface area contributed by atoms with E-state index in [4.69, 9.17) is 0 Å². The monoisotopic (exact) mass is 360 g/mol. The van der Waals surface area contributed by atoms with Gasteiger partial charge in [-0.25, -0.2) is 8.42 Å². The minimum Gasteiger partial charge on any atom is -0.374 e. The van der Waals surface area contributed by atoms with Gasteiger partial charge in [-0.15, -0.1) is 0 Å². The summed E-state index contributed by atoms with van der Waals surface area (Å²) in [5.41, 5.74) is 0.842. The number of rotatable bonds is 4. The molecule has 1 fully saturated rings. The molecule has 5 nitrogen and oxygen atoms in total. The predicted octanol–water partition coefficient (Wildman–Crippen LogP) is 1.55. The van der Waals surface area contributed by atoms with Crippen molar-refractivity contribution in [3.05, 3.63) is 28.7 Å². The van der Waals surface area contributed by atoms with Crippen LogP contribution >= 0.6 is 15.9 Å². The van der Waals surface area contributed by atoms with Gasteiger partial charge in [-0.05, 0) is 37.6 Å². The maximum absolute atomic E-state index is 12.0. The van der Waals surface area contributed by atoms with Crippen LogP contribution in [0.1, 0.15) is 13.3 Å². The first-order valence-corrected chi connectivity index (χ1v) is 9.00. The Bertz CT molecular complexity index is 586. The van der Waals surface area contributed by atoms with Crippen LogP contribution in [-0.2, 0) is 14.6 Å². The lowest BCUT2D eigenvalue weighted by Crippen LogP contribution is -2.43. The molecule has 20 heavy (non-hydrogen) atoms. The summed E-state index contributed by atoms with van der Waals surface area (Å²) in [6.07, 6.45) is 0.499. The average Bonchev–Trinajstić information content (AvgIpc) is 2.71. The van der Waals surface area contributed by atoms with Crippen LogP contribution in [0.5, 0.6) is 0 Å². The molecule has 0 bridgehead atoms. The van der Waals surface area contributed by atoms with Gasteiger partial charge in [0, 0.05) is 16.2 Å². The van der Waals surface area contributed by atoms with E-state index in [1.54, 1.807) is 6.92 Å². The zero-order chi connectivity index (χ0) is 14.8. The van der Waals surface area contributed by atoms with Crippen LogP contribution in [0.2, 0.25) is 0 Å². The number of benzene rings is 1. The molecule has 1 heterocycles. The summed E-state index contributed by atoms with van der Waals surface area (Å²) >= 11 is 3.35. The highest BCUT2D eigenvalue weighted by atomic mass is 79.9. The topological polar surface area (TPSA) is 75.3 Å². The highest BCUT2D eigenvalue weighted by Crippen LogP contribution is 2.15. The molecule has 0 aromatic heterocycles. The molecular formula is C13H17BrN2O3S. The largest absolute Gasteiger partial charge is 0.374 e. The van der Waals surface area contributed by atoms with Crippen molar-refractivity contribution >= 4 is 37.4 Å². The van der Waals surface area contributed by atoms with E-state index in [2.05, 4.69) is 26.6 Å². The molecule has 1 saturated heterocycles. The van der Waals surface area contributed by atoms with Crippen LogP contribution in [0.4, 0.5) is 5.69 Å². The zero-order valence-corrected chi connectivity index (χ0v) is 13.5. The average molecular weight is 361 g/mol. The van der Waals surface area contributed by atoms with Gasteiger partial charge in [0.1, 0.15) is 6.04 Å². The third-order valence-electron chi connectivity index (χ3n) is 3.20. The molecule has 0 saturated carbocycles. The summed E-state index contributed by atoms with van der Waals surface area (Å²) in [4.78, 5) is 12.0. The van der Waals surface area contributed by atoms with Crippen molar-refractivity contribution in [3.8, 4) is 0 Å². The summed E-state index contributed by atoms with van der Waals surface area (Å²) in [6.45, 7) is 1.75. The summed E-state index contributed by atoms with van der Waals surface area (Å²) in [5.74, 6) is 0.0194. The van der Waals surface area contributed by atoms with E-state index in [9.17, 15) is 13.2 Å². The Morgan fingerprint density at radius 3 is 2.55 bits per heavy atom. The molecule has 2 rings (SSSR count). The van der Waals surface area contributed by atoms with E-state index >= 15 is 0 Å². The Labute approximate surface area is 127 Å². The molecular weight excluding hydrogens is 344 g/mol. The molecule has 0 aliphatic carbocycles. The number of carbonyl (C=O) groups excluding carboxylic acids is 1. The number of sulfone groups is 1. The Morgan fingerprint density at radius 1 is 1.35 bits per heavy atom. The SMILES string of the molecule is C[C@H](Nc1ccc(Br)cc1)C(=O)N[C@@H]1CCS(=O)(=O)C1. The quantitative estimate of drug-likeness (QED) is 0.854. The van der Waals surface area contributed by atoms with Crippen molar-refractivity contribution in [1.82, 2.24) is 5.32 Å². The Balaban J connectivity index is 1.88. The van der Waals surface area contributed by atoms with Crippen LogP contribution in [0.15, 0.2) is 28.7 Å². The molecule has 1 aromatic rings. The fourth-order valence-corrected chi connectivity index (χ4v) is 4.03. The molecule has 7 heteroatoms. The van der Waals surface area contributed by atoms with Gasteiger partial charge < -0.3 is 10.6 Å². The summed E-state index contributed by atoms with van der Waals surface area (Å²) in [7, 11) is -2.97. The molecule has 2 N–H and O–H groups in total. The van der Waals surface area contributed by atoms with Gasteiger partial charge in [-0.1, -0.05) is 15.9 Å². The minimum absolute atomic E-state index is 0.0454. The van der Waals surface area contributed by atoms with Crippen molar-refractivity contribution in [2.75, 3.05) is 16.8 Å². The second kappa shape index (κ2) is 6.13. The van der Waals surface area contributed by atoms with Crippen molar-refractivity contribution in [2.45, 2.75) is 25.4 Å². The molecule has 0 radical (unpaired) electrons. The van der Waals surface area contributed by atoms with E-state index in [0.717, 1.165) is 10.2 Å². The van der Waals surface area contributed by atoms with Gasteiger partial charge in [0.05, 0.1) is 11.5 Å². The van der Waals surface area contributed by atoms with Gasteiger partial charge in [0.15, 0.2) is 9.84 Å². The normalized spacial score (nSPS) is 22.2. The minimum atomic E-state index is -2.97. The fourth-order valence-electron chi connectivity index (χ4n) is 2.10. The van der Waals surface area contributed by atoms with Gasteiger partial charge in [-0.2, -0.15) is 0 Å². The van der Waals surface area contributed by atoms with E-state index in [0.29, 0.717) is 6.42 Å². The Morgan fingerprint density at radius 2 is 2.00 bits per heavy atom. The van der Waals surface area contributed by atoms with Gasteiger partial charge in [-0.3, -0.25) is 4.79 Å². The van der Waals surface area contributed by atoms with E-state index in [-0.39, 0.29) is 23.5 Å². The molecule has 1 aliphatic heterocycles. The second-order valence-electron chi connectivity index (χ2n) is 4.98. The van der Waals surface area contributed by atoms with Gasteiger partial charge in [0.25, 0.3) is 0 Å². The highest BCUT2D eigenvalue weighted by molar-refractivity contribution is 9.10. The molecule has 0 unspecified atom stereocenters. The fraction of sp³-hybridized carbons (Fsp3) is 0.462. The van der Waals surface area contributed by atoms with Gasteiger partial charge >= 0.3 is 0 Å². The van der Waals surface area contributed by atoms with Crippen molar-refractivity contribution in [3.63, 3.8) is 0 Å². The first kappa shape index (κ1) is 15.3. The third-order valence-corrected chi connectivity index (χ3v) is 5.50. The summed E-state index contributed by atoms with van der Waals surface area (Å²) < 4.78 is 23.7. The maximum atomic E-state index is 12.0. The van der Waals surface area contributed by atoms with Crippen LogP contribution in [-0.4, -0.2) is 37.9 Å².